The molecule has 0 spiro atoms. The normalized spacial score (nSPS) is 12.6. The Labute approximate surface area is 269 Å². The molecule has 16 heteroatoms. The van der Waals surface area contributed by atoms with Gasteiger partial charge in [0.15, 0.2) is 0 Å². The van der Waals surface area contributed by atoms with Crippen molar-refractivity contribution in [1.29, 1.82) is 0 Å². The quantitative estimate of drug-likeness (QED) is 0.200. The van der Waals surface area contributed by atoms with Crippen molar-refractivity contribution in [3.8, 4) is 0 Å². The molecule has 0 fully saturated rings. The van der Waals surface area contributed by atoms with Crippen LogP contribution in [0.15, 0.2) is 48.5 Å². The zero-order chi connectivity index (χ0) is 33.9. The van der Waals surface area contributed by atoms with E-state index in [2.05, 4.69) is 113 Å². The van der Waals surface area contributed by atoms with Gasteiger partial charge in [-0.25, -0.2) is 0 Å². The number of hydrogen-bond donors (Lipinski definition) is 0. The number of rotatable bonds is 10. The maximum absolute atomic E-state index is 12.7. The van der Waals surface area contributed by atoms with Gasteiger partial charge in [-0.3, -0.25) is 28.0 Å². The van der Waals surface area contributed by atoms with Crippen LogP contribution in [0.5, 0.6) is 0 Å². The van der Waals surface area contributed by atoms with E-state index in [1.54, 1.807) is 62.4 Å². The molecule has 0 unspecified atom stereocenters. The van der Waals surface area contributed by atoms with Gasteiger partial charge in [0, 0.05) is 0 Å². The summed E-state index contributed by atoms with van der Waals surface area (Å²) in [5.41, 5.74) is -3.97. The molecule has 0 saturated carbocycles. The van der Waals surface area contributed by atoms with Crippen molar-refractivity contribution in [1.82, 2.24) is 28.0 Å². The van der Waals surface area contributed by atoms with Gasteiger partial charge in [-0.2, -0.15) is 0 Å². The first-order valence-corrected chi connectivity index (χ1v) is 21.8. The first kappa shape index (κ1) is 42.6. The average molecular weight is 867 g/mol. The number of halogens is 3. The molecule has 2 rings (SSSR count). The van der Waals surface area contributed by atoms with E-state index < -0.39 is 37.8 Å². The third-order valence-corrected chi connectivity index (χ3v) is 21.8. The van der Waals surface area contributed by atoms with Gasteiger partial charge < -0.3 is 0 Å². The Kier molecular flexibility index (Phi) is 19.2. The first-order chi connectivity index (χ1) is 19.6. The van der Waals surface area contributed by atoms with Gasteiger partial charge in [-0.1, -0.05) is 0 Å². The van der Waals surface area contributed by atoms with Crippen LogP contribution in [-0.2, 0) is 12.4 Å². The van der Waals surface area contributed by atoms with Crippen LogP contribution in [0, 0.1) is 13.8 Å². The van der Waals surface area contributed by atoms with Gasteiger partial charge in [0.2, 0.25) is 0 Å². The second kappa shape index (κ2) is 19.3. The molecule has 43 heavy (non-hydrogen) atoms. The summed E-state index contributed by atoms with van der Waals surface area (Å²) in [6, 6.07) is 13.6. The minimum atomic E-state index is -5.64. The van der Waals surface area contributed by atoms with Crippen LogP contribution in [0.3, 0.4) is 0 Å². The number of alkyl halides is 3. The fraction of sp³-hybridized carbons (Fsp3) is 0.556. The Morgan fingerprint density at radius 3 is 1.02 bits per heavy atom. The predicted octanol–water partition coefficient (Wildman–Crippen LogP) is 4.07. The van der Waals surface area contributed by atoms with Crippen molar-refractivity contribution in [3.05, 3.63) is 59.7 Å². The second-order valence-electron chi connectivity index (χ2n) is 10.5. The Hall–Kier alpha value is -0.357. The van der Waals surface area contributed by atoms with Crippen LogP contribution in [0.2, 0.25) is 0 Å². The molecule has 2 aromatic carbocycles. The Morgan fingerprint density at radius 1 is 0.581 bits per heavy atom. The Morgan fingerprint density at radius 2 is 0.837 bits per heavy atom. The van der Waals surface area contributed by atoms with Gasteiger partial charge in [0.1, 0.15) is 16.7 Å². The van der Waals surface area contributed by atoms with E-state index in [-0.39, 0.29) is 16.7 Å². The topological polar surface area (TPSA) is 62.8 Å². The van der Waals surface area contributed by atoms with E-state index in [4.69, 9.17) is 2.26 Å². The zero-order valence-corrected chi connectivity index (χ0v) is 34.0. The molecule has 0 aliphatic rings. The van der Waals surface area contributed by atoms with E-state index in [1.807, 2.05) is 0 Å². The van der Waals surface area contributed by atoms with Crippen LogP contribution >= 0.6 is 16.7 Å². The van der Waals surface area contributed by atoms with Crippen LogP contribution in [-0.4, -0.2) is 149 Å². The molecule has 0 aliphatic carbocycles. The van der Waals surface area contributed by atoms with Crippen LogP contribution in [0.4, 0.5) is 13.2 Å². The molecular weight excluding hydrogens is 816 g/mol. The zero-order valence-electron chi connectivity index (χ0n) is 27.9. The molecule has 0 radical (unpaired) electrons. The van der Waals surface area contributed by atoms with Crippen LogP contribution < -0.4 is 6.54 Å². The Balaban J connectivity index is 0.000000733. The SMILES string of the molecule is CN(C)P(N(C)C)N(C)C.CN(C)P(N(C)C)N(C)C.Cc1cccc[c]1[Bi]([O]S(=O)(=O)C(F)(F)F)[c]1ccccc1C. The van der Waals surface area contributed by atoms with Crippen molar-refractivity contribution < 1.29 is 23.8 Å². The summed E-state index contributed by atoms with van der Waals surface area (Å²) in [5, 5.41) is 0. The number of nitrogens with zero attached hydrogens (tertiary/aromatic N) is 6. The van der Waals surface area contributed by atoms with Crippen LogP contribution in [0.25, 0.3) is 0 Å². The average Bonchev–Trinajstić information content (AvgIpc) is 2.82. The molecule has 0 heterocycles. The molecule has 0 amide bonds. The molecule has 9 nitrogen and oxygen atoms in total. The third kappa shape index (κ3) is 14.3. The van der Waals surface area contributed by atoms with Gasteiger partial charge in [-0.15, -0.1) is 0 Å². The summed E-state index contributed by atoms with van der Waals surface area (Å²) >= 11 is -3.86. The van der Waals surface area contributed by atoms with Gasteiger partial charge in [-0.05, 0) is 84.6 Å². The van der Waals surface area contributed by atoms with Crippen molar-refractivity contribution >= 4 is 55.6 Å². The van der Waals surface area contributed by atoms with Gasteiger partial charge >= 0.3 is 142 Å². The van der Waals surface area contributed by atoms with Crippen LogP contribution in [0.1, 0.15) is 11.1 Å². The monoisotopic (exact) mass is 866 g/mol. The van der Waals surface area contributed by atoms with E-state index in [1.165, 1.54) is 0 Å². The molecule has 2 aromatic rings. The predicted molar refractivity (Wildman–Crippen MR) is 179 cm³/mol. The molecule has 0 atom stereocenters. The van der Waals surface area contributed by atoms with Crippen molar-refractivity contribution in [2.24, 2.45) is 0 Å². The summed E-state index contributed by atoms with van der Waals surface area (Å²) in [6.07, 6.45) is 0. The summed E-state index contributed by atoms with van der Waals surface area (Å²) in [5.74, 6) is 0. The maximum atomic E-state index is 12.7. The molecular formula is C27H50BiF3N6O3P2S. The molecule has 0 saturated heterocycles. The molecule has 0 N–H and O–H groups in total. The molecule has 0 aliphatic heterocycles. The van der Waals surface area contributed by atoms with Crippen molar-refractivity contribution in [2.75, 3.05) is 84.6 Å². The van der Waals surface area contributed by atoms with Gasteiger partial charge in [0.25, 0.3) is 0 Å². The number of hydrogen-bond acceptors (Lipinski definition) is 9. The third-order valence-electron chi connectivity index (χ3n) is 5.27. The summed E-state index contributed by atoms with van der Waals surface area (Å²) in [7, 11) is 19.1. The summed E-state index contributed by atoms with van der Waals surface area (Å²) in [4.78, 5) is 0. The summed E-state index contributed by atoms with van der Waals surface area (Å²) in [6.45, 7) is 3.47. The molecule has 0 bridgehead atoms. The fourth-order valence-corrected chi connectivity index (χ4v) is 19.8. The van der Waals surface area contributed by atoms with E-state index in [9.17, 15) is 21.6 Å². The molecule has 0 aromatic heterocycles. The summed E-state index contributed by atoms with van der Waals surface area (Å²) < 4.78 is 80.6. The van der Waals surface area contributed by atoms with Crippen molar-refractivity contribution in [2.45, 2.75) is 19.4 Å². The van der Waals surface area contributed by atoms with E-state index in [0.29, 0.717) is 6.54 Å². The first-order valence-electron chi connectivity index (χ1n) is 13.1. The molecule has 248 valence electrons. The number of benzene rings is 2. The van der Waals surface area contributed by atoms with E-state index >= 15 is 0 Å². The van der Waals surface area contributed by atoms with Gasteiger partial charge in [0.05, 0.1) is 0 Å². The minimum absolute atomic E-state index is 0.238. The standard InChI is InChI=1S/2C7H7.2C6H18N3P.CHF3O3S.Bi/c2*1-7-5-3-2-4-6-7;2*1-7(2)10(8(3)4)9(5)6;2-1(3,4)8(5,6)7;/h2*2-5H,1H3;2*1-6H3;(H,5,6,7);/q;;;;;+1/p-1. The van der Waals surface area contributed by atoms with E-state index in [0.717, 1.165) is 11.1 Å². The van der Waals surface area contributed by atoms with Crippen molar-refractivity contribution in [3.63, 3.8) is 0 Å². The number of aryl methyl sites for hydroxylation is 2. The Bertz CT molecular complexity index is 1100. The fourth-order valence-electron chi connectivity index (χ4n) is 4.08. The second-order valence-corrected chi connectivity index (χ2v) is 25.6.